The highest BCUT2D eigenvalue weighted by Crippen LogP contribution is 2.18. The average molecular weight is 196 g/mol. The van der Waals surface area contributed by atoms with Gasteiger partial charge >= 0.3 is 0 Å². The van der Waals surface area contributed by atoms with Crippen LogP contribution >= 0.6 is 0 Å². The quantitative estimate of drug-likeness (QED) is 0.669. The molecule has 14 heavy (non-hydrogen) atoms. The molecule has 0 saturated carbocycles. The lowest BCUT2D eigenvalue weighted by molar-refractivity contribution is -0.00346. The molecule has 3 N–H and O–H groups in total. The minimum absolute atomic E-state index is 0.154. The van der Waals surface area contributed by atoms with Crippen LogP contribution in [0.25, 0.3) is 0 Å². The van der Waals surface area contributed by atoms with Crippen LogP contribution in [0.1, 0.15) is 25.0 Å². The lowest BCUT2D eigenvalue weighted by atomic mass is 10.0. The molecule has 0 radical (unpaired) electrons. The second-order valence-electron chi connectivity index (χ2n) is 3.47. The van der Waals surface area contributed by atoms with Crippen molar-refractivity contribution in [3.8, 4) is 0 Å². The summed E-state index contributed by atoms with van der Waals surface area (Å²) in [4.78, 5) is 0. The third kappa shape index (κ3) is 3.10. The first-order chi connectivity index (χ1) is 6.61. The second-order valence-corrected chi connectivity index (χ2v) is 3.47. The molecule has 0 heterocycles. The summed E-state index contributed by atoms with van der Waals surface area (Å²) in [7, 11) is 0. The molecule has 0 aliphatic heterocycles. The molecule has 0 aromatic heterocycles. The van der Waals surface area contributed by atoms with Gasteiger partial charge in [0, 0.05) is 6.42 Å². The maximum atomic E-state index is 9.67. The highest BCUT2D eigenvalue weighted by molar-refractivity contribution is 5.17. The number of rotatable bonds is 4. The van der Waals surface area contributed by atoms with Crippen LogP contribution in [0, 0.1) is 0 Å². The lowest BCUT2D eigenvalue weighted by Crippen LogP contribution is -2.24. The number of aliphatic hydroxyl groups excluding tert-OH is 3. The van der Waals surface area contributed by atoms with Gasteiger partial charge < -0.3 is 15.3 Å². The van der Waals surface area contributed by atoms with Gasteiger partial charge in [0.1, 0.15) is 0 Å². The minimum Gasteiger partial charge on any atom is -0.391 e. The van der Waals surface area contributed by atoms with Crippen molar-refractivity contribution in [3.05, 3.63) is 35.9 Å². The number of hydrogen-bond acceptors (Lipinski definition) is 3. The third-order valence-corrected chi connectivity index (χ3v) is 2.21. The SMILES string of the molecule is C[C@@H](O)[C@H](O)C[C@@H](O)c1ccccc1. The van der Waals surface area contributed by atoms with E-state index in [1.54, 1.807) is 12.1 Å². The lowest BCUT2D eigenvalue weighted by Gasteiger charge is -2.17. The Kier molecular flexibility index (Phi) is 4.07. The van der Waals surface area contributed by atoms with Gasteiger partial charge in [-0.3, -0.25) is 0 Å². The normalized spacial score (nSPS) is 17.4. The summed E-state index contributed by atoms with van der Waals surface area (Å²) >= 11 is 0. The Morgan fingerprint density at radius 3 is 2.14 bits per heavy atom. The molecule has 1 rings (SSSR count). The van der Waals surface area contributed by atoms with Gasteiger partial charge in [-0.25, -0.2) is 0 Å². The maximum absolute atomic E-state index is 9.67. The zero-order valence-corrected chi connectivity index (χ0v) is 8.17. The van der Waals surface area contributed by atoms with Gasteiger partial charge in [0.2, 0.25) is 0 Å². The zero-order chi connectivity index (χ0) is 10.6. The molecule has 3 nitrogen and oxygen atoms in total. The van der Waals surface area contributed by atoms with Crippen LogP contribution in [-0.2, 0) is 0 Å². The van der Waals surface area contributed by atoms with E-state index in [9.17, 15) is 10.2 Å². The summed E-state index contributed by atoms with van der Waals surface area (Å²) in [6.45, 7) is 1.50. The molecule has 0 amide bonds. The molecular weight excluding hydrogens is 180 g/mol. The van der Waals surface area contributed by atoms with E-state index < -0.39 is 18.3 Å². The summed E-state index contributed by atoms with van der Waals surface area (Å²) in [6.07, 6.45) is -2.26. The molecule has 1 aromatic carbocycles. The Bertz CT molecular complexity index is 258. The minimum atomic E-state index is -0.884. The Morgan fingerprint density at radius 2 is 1.64 bits per heavy atom. The topological polar surface area (TPSA) is 60.7 Å². The van der Waals surface area contributed by atoms with E-state index in [1.807, 2.05) is 18.2 Å². The third-order valence-electron chi connectivity index (χ3n) is 2.21. The van der Waals surface area contributed by atoms with Crippen molar-refractivity contribution in [2.24, 2.45) is 0 Å². The van der Waals surface area contributed by atoms with Gasteiger partial charge in [-0.2, -0.15) is 0 Å². The van der Waals surface area contributed by atoms with Crippen LogP contribution in [0.3, 0.4) is 0 Å². The van der Waals surface area contributed by atoms with Crippen LogP contribution in [-0.4, -0.2) is 27.5 Å². The van der Waals surface area contributed by atoms with E-state index in [4.69, 9.17) is 5.11 Å². The van der Waals surface area contributed by atoms with Crippen molar-refractivity contribution >= 4 is 0 Å². The summed E-state index contributed by atoms with van der Waals surface area (Å²) in [5, 5.41) is 28.1. The Hall–Kier alpha value is -0.900. The van der Waals surface area contributed by atoms with Crippen LogP contribution in [0.4, 0.5) is 0 Å². The fourth-order valence-electron chi connectivity index (χ4n) is 1.24. The number of hydrogen-bond donors (Lipinski definition) is 3. The first kappa shape index (κ1) is 11.2. The molecule has 0 fully saturated rings. The van der Waals surface area contributed by atoms with Crippen molar-refractivity contribution in [1.29, 1.82) is 0 Å². The van der Waals surface area contributed by atoms with E-state index in [0.29, 0.717) is 0 Å². The Balaban J connectivity index is 2.55. The van der Waals surface area contributed by atoms with E-state index in [-0.39, 0.29) is 6.42 Å². The molecule has 0 aliphatic rings. The molecule has 3 heteroatoms. The van der Waals surface area contributed by atoms with Gasteiger partial charge in [-0.05, 0) is 12.5 Å². The fourth-order valence-corrected chi connectivity index (χ4v) is 1.24. The fraction of sp³-hybridized carbons (Fsp3) is 0.455. The predicted molar refractivity (Wildman–Crippen MR) is 53.7 cm³/mol. The van der Waals surface area contributed by atoms with Crippen molar-refractivity contribution in [2.45, 2.75) is 31.7 Å². The maximum Gasteiger partial charge on any atom is 0.0824 e. The van der Waals surface area contributed by atoms with Crippen molar-refractivity contribution in [2.75, 3.05) is 0 Å². The summed E-state index contributed by atoms with van der Waals surface area (Å²) in [5.41, 5.74) is 0.757. The molecule has 0 bridgehead atoms. The summed E-state index contributed by atoms with van der Waals surface area (Å²) in [6, 6.07) is 9.10. The van der Waals surface area contributed by atoms with Crippen molar-refractivity contribution in [1.82, 2.24) is 0 Å². The summed E-state index contributed by atoms with van der Waals surface area (Å²) < 4.78 is 0. The Morgan fingerprint density at radius 1 is 1.07 bits per heavy atom. The first-order valence-corrected chi connectivity index (χ1v) is 4.70. The smallest absolute Gasteiger partial charge is 0.0824 e. The van der Waals surface area contributed by atoms with Crippen LogP contribution in [0.5, 0.6) is 0 Å². The largest absolute Gasteiger partial charge is 0.391 e. The standard InChI is InChI=1S/C11H16O3/c1-8(12)10(13)7-11(14)9-5-3-2-4-6-9/h2-6,8,10-14H,7H2,1H3/t8-,10-,11-/m1/s1. The number of aliphatic hydroxyl groups is 3. The molecule has 0 saturated heterocycles. The van der Waals surface area contributed by atoms with Gasteiger partial charge in [-0.15, -0.1) is 0 Å². The van der Waals surface area contributed by atoms with Crippen molar-refractivity contribution in [3.63, 3.8) is 0 Å². The summed E-state index contributed by atoms with van der Waals surface area (Å²) in [5.74, 6) is 0. The average Bonchev–Trinajstić information content (AvgIpc) is 2.19. The predicted octanol–water partition coefficient (Wildman–Crippen LogP) is 0.852. The van der Waals surface area contributed by atoms with E-state index >= 15 is 0 Å². The molecule has 78 valence electrons. The Labute approximate surface area is 83.6 Å². The molecule has 0 unspecified atom stereocenters. The molecular formula is C11H16O3. The molecule has 0 aliphatic carbocycles. The van der Waals surface area contributed by atoms with Gasteiger partial charge in [0.25, 0.3) is 0 Å². The molecule has 0 spiro atoms. The van der Waals surface area contributed by atoms with Crippen LogP contribution < -0.4 is 0 Å². The van der Waals surface area contributed by atoms with Crippen LogP contribution in [0.15, 0.2) is 30.3 Å². The second kappa shape index (κ2) is 5.10. The van der Waals surface area contributed by atoms with E-state index in [1.165, 1.54) is 6.92 Å². The molecule has 3 atom stereocenters. The van der Waals surface area contributed by atoms with Gasteiger partial charge in [0.05, 0.1) is 18.3 Å². The monoisotopic (exact) mass is 196 g/mol. The highest BCUT2D eigenvalue weighted by atomic mass is 16.3. The van der Waals surface area contributed by atoms with E-state index in [2.05, 4.69) is 0 Å². The highest BCUT2D eigenvalue weighted by Gasteiger charge is 2.17. The van der Waals surface area contributed by atoms with E-state index in [0.717, 1.165) is 5.56 Å². The zero-order valence-electron chi connectivity index (χ0n) is 8.17. The molecule has 1 aromatic rings. The van der Waals surface area contributed by atoms with Gasteiger partial charge in [-0.1, -0.05) is 30.3 Å². The number of benzene rings is 1. The van der Waals surface area contributed by atoms with Crippen LogP contribution in [0.2, 0.25) is 0 Å². The first-order valence-electron chi connectivity index (χ1n) is 4.70. The van der Waals surface area contributed by atoms with Gasteiger partial charge in [0.15, 0.2) is 0 Å². The van der Waals surface area contributed by atoms with Crippen molar-refractivity contribution < 1.29 is 15.3 Å².